The number of carbonyl (C=O) groups is 1. The highest BCUT2D eigenvalue weighted by Crippen LogP contribution is 2.34. The van der Waals surface area contributed by atoms with E-state index in [9.17, 15) is 18.0 Å². The molecule has 0 saturated carbocycles. The minimum absolute atomic E-state index is 0.0391. The standard InChI is InChI=1S/C9H7BF3N3OS/c11-9(12,13)6-4-18-8(15-6)16-2-1-10(5-14)3-7(16)17/h4H,1-3H2. The Kier molecular flexibility index (Phi) is 3.30. The smallest absolute Gasteiger partial charge is 0.289 e. The monoisotopic (exact) mass is 273 g/mol. The van der Waals surface area contributed by atoms with E-state index in [0.717, 1.165) is 16.7 Å². The number of nitrogens with zero attached hydrogens (tertiary/aromatic N) is 3. The molecule has 2 heterocycles. The van der Waals surface area contributed by atoms with Gasteiger partial charge in [-0.15, -0.1) is 11.3 Å². The highest BCUT2D eigenvalue weighted by atomic mass is 32.1. The van der Waals surface area contributed by atoms with Crippen LogP contribution in [0.25, 0.3) is 0 Å². The minimum Gasteiger partial charge on any atom is -0.289 e. The van der Waals surface area contributed by atoms with Gasteiger partial charge in [0.2, 0.25) is 5.91 Å². The second-order valence-electron chi connectivity index (χ2n) is 3.88. The van der Waals surface area contributed by atoms with Crippen molar-refractivity contribution in [2.24, 2.45) is 0 Å². The van der Waals surface area contributed by atoms with Gasteiger partial charge in [0.1, 0.15) is 0 Å². The maximum Gasteiger partial charge on any atom is 0.434 e. The first kappa shape index (κ1) is 12.9. The summed E-state index contributed by atoms with van der Waals surface area (Å²) in [4.78, 5) is 16.3. The van der Waals surface area contributed by atoms with Gasteiger partial charge in [-0.3, -0.25) is 9.69 Å². The highest BCUT2D eigenvalue weighted by Gasteiger charge is 2.36. The zero-order valence-corrected chi connectivity index (χ0v) is 9.88. The van der Waals surface area contributed by atoms with Gasteiger partial charge in [-0.2, -0.15) is 13.2 Å². The molecule has 1 fully saturated rings. The Hall–Kier alpha value is -1.56. The van der Waals surface area contributed by atoms with Crippen molar-refractivity contribution in [2.45, 2.75) is 18.8 Å². The van der Waals surface area contributed by atoms with Crippen LogP contribution in [0, 0.1) is 11.2 Å². The van der Waals surface area contributed by atoms with E-state index in [4.69, 9.17) is 5.26 Å². The van der Waals surface area contributed by atoms with Gasteiger partial charge >= 0.3 is 6.18 Å². The van der Waals surface area contributed by atoms with Crippen molar-refractivity contribution >= 4 is 29.1 Å². The number of rotatable bonds is 1. The van der Waals surface area contributed by atoms with Gasteiger partial charge < -0.3 is 0 Å². The summed E-state index contributed by atoms with van der Waals surface area (Å²) in [6, 6.07) is 0. The first-order valence-electron chi connectivity index (χ1n) is 5.14. The summed E-state index contributed by atoms with van der Waals surface area (Å²) in [6.07, 6.45) is -4.00. The van der Waals surface area contributed by atoms with Gasteiger partial charge in [-0.05, 0) is 6.32 Å². The van der Waals surface area contributed by atoms with Gasteiger partial charge in [0.25, 0.3) is 6.71 Å². The molecule has 0 N–H and O–H groups in total. The van der Waals surface area contributed by atoms with Gasteiger partial charge in [0.15, 0.2) is 10.8 Å². The van der Waals surface area contributed by atoms with Crippen LogP contribution in [-0.4, -0.2) is 24.1 Å². The number of amides is 1. The van der Waals surface area contributed by atoms with Gasteiger partial charge in [-0.1, -0.05) is 0 Å². The molecule has 1 amide bonds. The number of hydrogen-bond acceptors (Lipinski definition) is 4. The van der Waals surface area contributed by atoms with Crippen molar-refractivity contribution < 1.29 is 18.0 Å². The van der Waals surface area contributed by atoms with E-state index >= 15 is 0 Å². The maximum atomic E-state index is 12.4. The number of thiazole rings is 1. The van der Waals surface area contributed by atoms with Crippen LogP contribution >= 0.6 is 11.3 Å². The van der Waals surface area contributed by atoms with Gasteiger partial charge in [-0.25, -0.2) is 10.2 Å². The third-order valence-corrected chi connectivity index (χ3v) is 3.48. The van der Waals surface area contributed by atoms with Crippen molar-refractivity contribution in [1.29, 1.82) is 5.26 Å². The lowest BCUT2D eigenvalue weighted by Gasteiger charge is -2.25. The molecule has 1 aromatic heterocycles. The number of anilines is 1. The van der Waals surface area contributed by atoms with E-state index in [2.05, 4.69) is 4.98 Å². The Morgan fingerprint density at radius 1 is 1.56 bits per heavy atom. The zero-order valence-electron chi connectivity index (χ0n) is 9.07. The molecule has 4 nitrogen and oxygen atoms in total. The van der Waals surface area contributed by atoms with Gasteiger partial charge in [0.05, 0.1) is 0 Å². The van der Waals surface area contributed by atoms with E-state index < -0.39 is 11.9 Å². The molecule has 94 valence electrons. The second-order valence-corrected chi connectivity index (χ2v) is 4.71. The van der Waals surface area contributed by atoms with E-state index in [1.165, 1.54) is 4.90 Å². The van der Waals surface area contributed by atoms with Crippen LogP contribution < -0.4 is 4.90 Å². The summed E-state index contributed by atoms with van der Waals surface area (Å²) in [5.74, 6) is 1.64. The molecule has 1 aliphatic heterocycles. The predicted molar refractivity (Wildman–Crippen MR) is 60.5 cm³/mol. The lowest BCUT2D eigenvalue weighted by Crippen LogP contribution is -2.41. The van der Waals surface area contributed by atoms with Crippen LogP contribution in [0.5, 0.6) is 0 Å². The molecule has 18 heavy (non-hydrogen) atoms. The van der Waals surface area contributed by atoms with Crippen molar-refractivity contribution in [3.05, 3.63) is 11.1 Å². The first-order chi connectivity index (χ1) is 8.41. The summed E-state index contributed by atoms with van der Waals surface area (Å²) in [5.41, 5.74) is -0.988. The molecule has 2 rings (SSSR count). The minimum atomic E-state index is -4.50. The molecule has 1 aromatic rings. The number of halogens is 3. The highest BCUT2D eigenvalue weighted by molar-refractivity contribution is 7.14. The lowest BCUT2D eigenvalue weighted by atomic mass is 9.45. The molecule has 0 spiro atoms. The fraction of sp³-hybridized carbons (Fsp3) is 0.444. The Bertz CT molecular complexity index is 510. The van der Waals surface area contributed by atoms with Crippen LogP contribution in [0.15, 0.2) is 5.38 Å². The van der Waals surface area contributed by atoms with Crippen molar-refractivity contribution in [2.75, 3.05) is 11.4 Å². The normalized spacial score (nSPS) is 16.9. The quantitative estimate of drug-likeness (QED) is 0.736. The van der Waals surface area contributed by atoms with Crippen LogP contribution in [0.3, 0.4) is 0 Å². The topological polar surface area (TPSA) is 57.0 Å². The van der Waals surface area contributed by atoms with E-state index in [0.29, 0.717) is 6.32 Å². The average molecular weight is 273 g/mol. The van der Waals surface area contributed by atoms with E-state index in [1.54, 1.807) is 0 Å². The van der Waals surface area contributed by atoms with Gasteiger partial charge in [0, 0.05) is 24.2 Å². The fourth-order valence-corrected chi connectivity index (χ4v) is 2.54. The maximum absolute atomic E-state index is 12.4. The summed E-state index contributed by atoms with van der Waals surface area (Å²) >= 11 is 0.787. The predicted octanol–water partition coefficient (Wildman–Crippen LogP) is 2.07. The number of nitriles is 1. The van der Waals surface area contributed by atoms with Crippen molar-refractivity contribution in [1.82, 2.24) is 4.98 Å². The molecule has 0 aromatic carbocycles. The van der Waals surface area contributed by atoms with Crippen LogP contribution in [0.4, 0.5) is 18.3 Å². The summed E-state index contributed by atoms with van der Waals surface area (Å²) < 4.78 is 37.1. The van der Waals surface area contributed by atoms with Crippen LogP contribution in [0.2, 0.25) is 12.6 Å². The fourth-order valence-electron chi connectivity index (χ4n) is 1.66. The molecule has 0 aliphatic carbocycles. The number of carbonyl (C=O) groups excluding carboxylic acids is 1. The molecule has 0 bridgehead atoms. The third kappa shape index (κ3) is 2.48. The number of hydrogen-bond donors (Lipinski definition) is 0. The Labute approximate surface area is 105 Å². The summed E-state index contributed by atoms with van der Waals surface area (Å²) in [5, 5.41) is 9.63. The summed E-state index contributed by atoms with van der Waals surface area (Å²) in [7, 11) is 0. The molecule has 1 saturated heterocycles. The first-order valence-corrected chi connectivity index (χ1v) is 6.02. The molecule has 0 radical (unpaired) electrons. The Morgan fingerprint density at radius 2 is 2.28 bits per heavy atom. The molecule has 0 unspecified atom stereocenters. The molecule has 1 aliphatic rings. The Balaban J connectivity index is 2.16. The largest absolute Gasteiger partial charge is 0.434 e. The molecular formula is C9H7BF3N3OS. The van der Waals surface area contributed by atoms with E-state index in [1.807, 2.05) is 5.97 Å². The molecular weight excluding hydrogens is 266 g/mol. The van der Waals surface area contributed by atoms with Crippen molar-refractivity contribution in [3.8, 4) is 5.97 Å². The molecule has 9 heteroatoms. The second kappa shape index (κ2) is 4.61. The molecule has 0 atom stereocenters. The SMILES string of the molecule is N#CB1CCN(c2nc(C(F)(F)F)cs2)C(=O)C1. The van der Waals surface area contributed by atoms with Crippen molar-refractivity contribution in [3.63, 3.8) is 0 Å². The summed E-state index contributed by atoms with van der Waals surface area (Å²) in [6.45, 7) is -0.113. The average Bonchev–Trinajstić information content (AvgIpc) is 2.77. The van der Waals surface area contributed by atoms with Crippen LogP contribution in [0.1, 0.15) is 5.69 Å². The number of aromatic nitrogens is 1. The lowest BCUT2D eigenvalue weighted by molar-refractivity contribution is -0.140. The zero-order chi connectivity index (χ0) is 13.3. The number of alkyl halides is 3. The van der Waals surface area contributed by atoms with E-state index in [-0.39, 0.29) is 30.6 Å². The van der Waals surface area contributed by atoms with Crippen LogP contribution in [-0.2, 0) is 11.0 Å². The third-order valence-electron chi connectivity index (χ3n) is 2.62. The Morgan fingerprint density at radius 3 is 2.78 bits per heavy atom.